The number of rotatable bonds is 4. The lowest BCUT2D eigenvalue weighted by Crippen LogP contribution is -2.39. The smallest absolute Gasteiger partial charge is 0.295 e. The van der Waals surface area contributed by atoms with Gasteiger partial charge in [0, 0.05) is 20.1 Å². The van der Waals surface area contributed by atoms with E-state index in [1.165, 1.54) is 0 Å². The van der Waals surface area contributed by atoms with Gasteiger partial charge in [0.25, 0.3) is 6.01 Å². The highest BCUT2D eigenvalue weighted by atomic mass is 16.5. The number of hydrogen-bond donors (Lipinski definition) is 2. The van der Waals surface area contributed by atoms with Crippen molar-refractivity contribution in [1.82, 2.24) is 4.98 Å². The highest BCUT2D eigenvalue weighted by Gasteiger charge is 2.35. The van der Waals surface area contributed by atoms with Gasteiger partial charge in [0.1, 0.15) is 11.1 Å². The minimum atomic E-state index is -0.299. The monoisotopic (exact) mass is 263 g/mol. The summed E-state index contributed by atoms with van der Waals surface area (Å²) in [5.74, 6) is 0. The van der Waals surface area contributed by atoms with Gasteiger partial charge in [-0.05, 0) is 12.1 Å². The Morgan fingerprint density at radius 1 is 1.53 bits per heavy atom. The lowest BCUT2D eigenvalue weighted by molar-refractivity contribution is -0.00651. The van der Waals surface area contributed by atoms with Gasteiger partial charge in [-0.3, -0.25) is 0 Å². The molecular weight excluding hydrogens is 246 g/mol. The largest absolute Gasteiger partial charge is 0.423 e. The van der Waals surface area contributed by atoms with Crippen molar-refractivity contribution in [1.29, 1.82) is 0 Å². The molecule has 6 heteroatoms. The SMILES string of the molecule is COC1(CNc2nc3c(N)cccc3o2)CCOC1. The van der Waals surface area contributed by atoms with Crippen LogP contribution in [0.5, 0.6) is 0 Å². The van der Waals surface area contributed by atoms with Crippen molar-refractivity contribution in [2.24, 2.45) is 0 Å². The minimum Gasteiger partial charge on any atom is -0.423 e. The molecule has 19 heavy (non-hydrogen) atoms. The molecule has 1 unspecified atom stereocenters. The third kappa shape index (κ3) is 2.24. The van der Waals surface area contributed by atoms with E-state index in [0.717, 1.165) is 13.0 Å². The van der Waals surface area contributed by atoms with E-state index in [4.69, 9.17) is 19.6 Å². The van der Waals surface area contributed by atoms with Crippen LogP contribution < -0.4 is 11.1 Å². The van der Waals surface area contributed by atoms with Crippen molar-refractivity contribution in [2.45, 2.75) is 12.0 Å². The molecule has 0 amide bonds. The molecule has 1 aliphatic rings. The van der Waals surface area contributed by atoms with E-state index in [2.05, 4.69) is 10.3 Å². The number of methoxy groups -OCH3 is 1. The highest BCUT2D eigenvalue weighted by molar-refractivity contribution is 5.86. The van der Waals surface area contributed by atoms with Crippen LogP contribution in [-0.4, -0.2) is 37.5 Å². The number of anilines is 2. The zero-order valence-electron chi connectivity index (χ0n) is 10.8. The zero-order chi connectivity index (χ0) is 13.3. The zero-order valence-corrected chi connectivity index (χ0v) is 10.8. The maximum Gasteiger partial charge on any atom is 0.295 e. The van der Waals surface area contributed by atoms with Gasteiger partial charge in [0.15, 0.2) is 5.58 Å². The van der Waals surface area contributed by atoms with Gasteiger partial charge in [0.05, 0.1) is 18.8 Å². The van der Waals surface area contributed by atoms with Gasteiger partial charge in [0.2, 0.25) is 0 Å². The first-order valence-electron chi connectivity index (χ1n) is 6.24. The molecule has 0 aliphatic carbocycles. The van der Waals surface area contributed by atoms with E-state index in [9.17, 15) is 0 Å². The second-order valence-electron chi connectivity index (χ2n) is 4.76. The fourth-order valence-electron chi connectivity index (χ4n) is 2.24. The lowest BCUT2D eigenvalue weighted by atomic mass is 10.0. The molecule has 0 saturated carbocycles. The molecule has 2 aromatic rings. The van der Waals surface area contributed by atoms with E-state index in [1.54, 1.807) is 13.2 Å². The first-order valence-corrected chi connectivity index (χ1v) is 6.24. The van der Waals surface area contributed by atoms with Gasteiger partial charge in [-0.25, -0.2) is 0 Å². The van der Waals surface area contributed by atoms with Crippen LogP contribution in [-0.2, 0) is 9.47 Å². The molecule has 1 saturated heterocycles. The number of nitrogen functional groups attached to an aromatic ring is 1. The molecule has 3 N–H and O–H groups in total. The highest BCUT2D eigenvalue weighted by Crippen LogP contribution is 2.26. The number of fused-ring (bicyclic) bond motifs is 1. The predicted octanol–water partition coefficient (Wildman–Crippen LogP) is 1.63. The Morgan fingerprint density at radius 2 is 2.42 bits per heavy atom. The molecule has 6 nitrogen and oxygen atoms in total. The van der Waals surface area contributed by atoms with E-state index in [-0.39, 0.29) is 5.60 Å². The number of benzene rings is 1. The van der Waals surface area contributed by atoms with Crippen molar-refractivity contribution in [3.63, 3.8) is 0 Å². The quantitative estimate of drug-likeness (QED) is 0.816. The third-order valence-corrected chi connectivity index (χ3v) is 3.51. The van der Waals surface area contributed by atoms with Gasteiger partial charge in [-0.1, -0.05) is 6.07 Å². The Balaban J connectivity index is 1.76. The number of oxazole rings is 1. The number of nitrogens with one attached hydrogen (secondary N) is 1. The molecule has 1 aromatic heterocycles. The number of nitrogens with two attached hydrogens (primary N) is 1. The Morgan fingerprint density at radius 3 is 3.11 bits per heavy atom. The Hall–Kier alpha value is -1.79. The molecule has 0 bridgehead atoms. The maximum absolute atomic E-state index is 5.85. The summed E-state index contributed by atoms with van der Waals surface area (Å²) in [5.41, 5.74) is 7.51. The lowest BCUT2D eigenvalue weighted by Gasteiger charge is -2.25. The normalized spacial score (nSPS) is 23.0. The average molecular weight is 263 g/mol. The van der Waals surface area contributed by atoms with Crippen molar-refractivity contribution >= 4 is 22.8 Å². The fraction of sp³-hybridized carbons (Fsp3) is 0.462. The van der Waals surface area contributed by atoms with E-state index in [0.29, 0.717) is 36.0 Å². The Labute approximate surface area is 110 Å². The Kier molecular flexibility index (Phi) is 3.04. The number of nitrogens with zero attached hydrogens (tertiary/aromatic N) is 1. The first kappa shape index (κ1) is 12.3. The van der Waals surface area contributed by atoms with E-state index < -0.39 is 0 Å². The number of ether oxygens (including phenoxy) is 2. The van der Waals surface area contributed by atoms with Crippen LogP contribution in [0.15, 0.2) is 22.6 Å². The van der Waals surface area contributed by atoms with Crippen LogP contribution in [0.1, 0.15) is 6.42 Å². The van der Waals surface area contributed by atoms with Crippen molar-refractivity contribution in [3.8, 4) is 0 Å². The number of hydrogen-bond acceptors (Lipinski definition) is 6. The molecule has 0 spiro atoms. The number of para-hydroxylation sites is 1. The summed E-state index contributed by atoms with van der Waals surface area (Å²) in [5, 5.41) is 3.16. The molecule has 2 heterocycles. The van der Waals surface area contributed by atoms with Crippen molar-refractivity contribution in [2.75, 3.05) is 37.9 Å². The summed E-state index contributed by atoms with van der Waals surface area (Å²) in [6.07, 6.45) is 0.860. The third-order valence-electron chi connectivity index (χ3n) is 3.51. The summed E-state index contributed by atoms with van der Waals surface area (Å²) in [7, 11) is 1.69. The predicted molar refractivity (Wildman–Crippen MR) is 72.1 cm³/mol. The van der Waals surface area contributed by atoms with Crippen molar-refractivity contribution < 1.29 is 13.9 Å². The number of aromatic nitrogens is 1. The van der Waals surface area contributed by atoms with Crippen LogP contribution >= 0.6 is 0 Å². The van der Waals surface area contributed by atoms with Gasteiger partial charge >= 0.3 is 0 Å². The molecule has 1 fully saturated rings. The minimum absolute atomic E-state index is 0.299. The molecule has 1 aromatic carbocycles. The average Bonchev–Trinajstić information content (AvgIpc) is 3.04. The van der Waals surface area contributed by atoms with Gasteiger partial charge < -0.3 is 24.9 Å². The second kappa shape index (κ2) is 4.71. The summed E-state index contributed by atoms with van der Waals surface area (Å²) >= 11 is 0. The topological polar surface area (TPSA) is 82.5 Å². The first-order chi connectivity index (χ1) is 9.22. The summed E-state index contributed by atoms with van der Waals surface area (Å²) in [6, 6.07) is 5.94. The van der Waals surface area contributed by atoms with Gasteiger partial charge in [-0.2, -0.15) is 4.98 Å². The fourth-order valence-corrected chi connectivity index (χ4v) is 2.24. The van der Waals surface area contributed by atoms with Gasteiger partial charge in [-0.15, -0.1) is 0 Å². The van der Waals surface area contributed by atoms with Crippen LogP contribution in [0.3, 0.4) is 0 Å². The van der Waals surface area contributed by atoms with Crippen LogP contribution in [0, 0.1) is 0 Å². The molecule has 1 aliphatic heterocycles. The molecule has 3 rings (SSSR count). The summed E-state index contributed by atoms with van der Waals surface area (Å²) in [6.45, 7) is 1.89. The van der Waals surface area contributed by atoms with Crippen LogP contribution in [0.25, 0.3) is 11.1 Å². The molecule has 1 atom stereocenters. The molecular formula is C13H17N3O3. The Bertz CT molecular complexity index is 576. The van der Waals surface area contributed by atoms with Crippen LogP contribution in [0.4, 0.5) is 11.7 Å². The molecule has 102 valence electrons. The standard InChI is InChI=1S/C13H17N3O3/c1-17-13(5-6-18-8-13)7-15-12-16-11-9(14)3-2-4-10(11)19-12/h2-4H,5-8,14H2,1H3,(H,15,16). The second-order valence-corrected chi connectivity index (χ2v) is 4.76. The van der Waals surface area contributed by atoms with E-state index >= 15 is 0 Å². The summed E-state index contributed by atoms with van der Waals surface area (Å²) in [4.78, 5) is 4.34. The van der Waals surface area contributed by atoms with Crippen LogP contribution in [0.2, 0.25) is 0 Å². The maximum atomic E-state index is 5.85. The van der Waals surface area contributed by atoms with Crippen molar-refractivity contribution in [3.05, 3.63) is 18.2 Å². The summed E-state index contributed by atoms with van der Waals surface area (Å²) < 4.78 is 16.5. The van der Waals surface area contributed by atoms with E-state index in [1.807, 2.05) is 12.1 Å². The molecule has 0 radical (unpaired) electrons.